The summed E-state index contributed by atoms with van der Waals surface area (Å²) in [5, 5.41) is 16.8. The molecular formula is C17H17Br2N3O2. The number of anilines is 1. The van der Waals surface area contributed by atoms with Crippen LogP contribution in [0.1, 0.15) is 18.1 Å². The minimum Gasteiger partial charge on any atom is -0.506 e. The molecule has 5 nitrogen and oxygen atoms in total. The number of phenols is 1. The van der Waals surface area contributed by atoms with Crippen LogP contribution in [0, 0.1) is 6.92 Å². The van der Waals surface area contributed by atoms with E-state index in [1.54, 1.807) is 19.1 Å². The third-order valence-corrected chi connectivity index (χ3v) is 4.55. The molecule has 0 saturated carbocycles. The highest BCUT2D eigenvalue weighted by molar-refractivity contribution is 9.11. The summed E-state index contributed by atoms with van der Waals surface area (Å²) >= 11 is 6.49. The fourth-order valence-corrected chi connectivity index (χ4v) is 3.18. The van der Waals surface area contributed by atoms with E-state index in [1.165, 1.54) is 6.21 Å². The minimum atomic E-state index is -0.429. The summed E-state index contributed by atoms with van der Waals surface area (Å²) in [4.78, 5) is 12.1. The van der Waals surface area contributed by atoms with Gasteiger partial charge in [-0.15, -0.1) is 0 Å². The summed E-state index contributed by atoms with van der Waals surface area (Å²) in [5.74, 6) is -0.126. The number of carbonyl (C=O) groups excluding carboxylic acids is 1. The molecule has 0 radical (unpaired) electrons. The molecule has 0 aliphatic heterocycles. The number of halogens is 2. The van der Waals surface area contributed by atoms with Crippen LogP contribution < -0.4 is 10.7 Å². The minimum absolute atomic E-state index is 0.118. The van der Waals surface area contributed by atoms with Crippen molar-refractivity contribution in [3.63, 3.8) is 0 Å². The zero-order valence-electron chi connectivity index (χ0n) is 13.2. The van der Waals surface area contributed by atoms with Crippen molar-refractivity contribution in [2.24, 2.45) is 5.10 Å². The molecule has 126 valence electrons. The molecule has 1 atom stereocenters. The Morgan fingerprint density at radius 2 is 1.88 bits per heavy atom. The van der Waals surface area contributed by atoms with Crippen LogP contribution in [-0.4, -0.2) is 23.3 Å². The average molecular weight is 455 g/mol. The topological polar surface area (TPSA) is 73.7 Å². The summed E-state index contributed by atoms with van der Waals surface area (Å²) in [6.45, 7) is 3.75. The van der Waals surface area contributed by atoms with E-state index in [0.717, 1.165) is 16.8 Å². The number of aromatic hydroxyl groups is 1. The van der Waals surface area contributed by atoms with Gasteiger partial charge in [0, 0.05) is 5.69 Å². The molecule has 0 bridgehead atoms. The van der Waals surface area contributed by atoms with E-state index in [-0.39, 0.29) is 11.7 Å². The summed E-state index contributed by atoms with van der Waals surface area (Å²) in [6, 6.07) is 10.7. The summed E-state index contributed by atoms with van der Waals surface area (Å²) in [6.07, 6.45) is 1.51. The second-order valence-electron chi connectivity index (χ2n) is 5.25. The van der Waals surface area contributed by atoms with Crippen molar-refractivity contribution in [1.82, 2.24) is 5.43 Å². The van der Waals surface area contributed by atoms with Crippen molar-refractivity contribution in [2.75, 3.05) is 5.32 Å². The van der Waals surface area contributed by atoms with Crippen molar-refractivity contribution >= 4 is 49.7 Å². The van der Waals surface area contributed by atoms with E-state index in [2.05, 4.69) is 47.7 Å². The number of nitrogens with one attached hydrogen (secondary N) is 2. The number of aryl methyl sites for hydroxylation is 1. The number of amides is 1. The molecule has 0 unspecified atom stereocenters. The molecular weight excluding hydrogens is 438 g/mol. The Kier molecular flexibility index (Phi) is 6.39. The van der Waals surface area contributed by atoms with Crippen LogP contribution in [0.5, 0.6) is 5.75 Å². The molecule has 0 spiro atoms. The lowest BCUT2D eigenvalue weighted by Crippen LogP contribution is -2.35. The number of hydrogen-bond donors (Lipinski definition) is 3. The molecule has 2 aromatic carbocycles. The highest BCUT2D eigenvalue weighted by Gasteiger charge is 2.12. The maximum atomic E-state index is 12.1. The summed E-state index contributed by atoms with van der Waals surface area (Å²) in [5.41, 5.74) is 5.21. The van der Waals surface area contributed by atoms with Crippen molar-refractivity contribution < 1.29 is 9.90 Å². The Morgan fingerprint density at radius 3 is 2.50 bits per heavy atom. The molecule has 0 heterocycles. The summed E-state index contributed by atoms with van der Waals surface area (Å²) < 4.78 is 1.08. The molecule has 1 amide bonds. The van der Waals surface area contributed by atoms with Gasteiger partial charge < -0.3 is 10.4 Å². The first kappa shape index (κ1) is 18.5. The molecule has 7 heteroatoms. The standard InChI is InChI=1S/C17H17Br2N3O2/c1-10-5-3-4-6-15(10)21-11(2)17(24)22-20-9-12-7-13(18)16(23)14(19)8-12/h3-9,11,21,23H,1-2H3,(H,22,24)/b20-9-/t11-/m0/s1. The summed E-state index contributed by atoms with van der Waals surface area (Å²) in [7, 11) is 0. The molecule has 0 aromatic heterocycles. The van der Waals surface area contributed by atoms with Gasteiger partial charge in [0.1, 0.15) is 11.8 Å². The van der Waals surface area contributed by atoms with Crippen molar-refractivity contribution in [2.45, 2.75) is 19.9 Å². The van der Waals surface area contributed by atoms with Gasteiger partial charge >= 0.3 is 0 Å². The Labute approximate surface area is 157 Å². The Balaban J connectivity index is 1.96. The number of benzene rings is 2. The van der Waals surface area contributed by atoms with E-state index in [9.17, 15) is 9.90 Å². The SMILES string of the molecule is Cc1ccccc1N[C@@H](C)C(=O)N/N=C\c1cc(Br)c(O)c(Br)c1. The number of carbonyl (C=O) groups is 1. The smallest absolute Gasteiger partial charge is 0.262 e. The lowest BCUT2D eigenvalue weighted by Gasteiger charge is -2.15. The number of hydrogen-bond acceptors (Lipinski definition) is 4. The van der Waals surface area contributed by atoms with Gasteiger partial charge in [-0.05, 0) is 75.0 Å². The zero-order valence-corrected chi connectivity index (χ0v) is 16.3. The van der Waals surface area contributed by atoms with Crippen LogP contribution in [0.25, 0.3) is 0 Å². The molecule has 24 heavy (non-hydrogen) atoms. The molecule has 0 fully saturated rings. The van der Waals surface area contributed by atoms with E-state index in [4.69, 9.17) is 0 Å². The lowest BCUT2D eigenvalue weighted by atomic mass is 10.2. The van der Waals surface area contributed by atoms with E-state index >= 15 is 0 Å². The quantitative estimate of drug-likeness (QED) is 0.468. The third-order valence-electron chi connectivity index (χ3n) is 3.34. The Bertz CT molecular complexity index is 755. The lowest BCUT2D eigenvalue weighted by molar-refractivity contribution is -0.121. The van der Waals surface area contributed by atoms with Crippen LogP contribution in [0.4, 0.5) is 5.69 Å². The van der Waals surface area contributed by atoms with Crippen molar-refractivity contribution in [1.29, 1.82) is 0 Å². The van der Waals surface area contributed by atoms with Crippen molar-refractivity contribution in [3.05, 3.63) is 56.5 Å². The molecule has 0 aliphatic carbocycles. The van der Waals surface area contributed by atoms with Crippen LogP contribution in [0.3, 0.4) is 0 Å². The first-order chi connectivity index (χ1) is 11.4. The number of hydrazone groups is 1. The Morgan fingerprint density at radius 1 is 1.25 bits per heavy atom. The second kappa shape index (κ2) is 8.30. The van der Waals surface area contributed by atoms with Crippen LogP contribution in [0.15, 0.2) is 50.4 Å². The molecule has 2 aromatic rings. The largest absolute Gasteiger partial charge is 0.506 e. The van der Waals surface area contributed by atoms with Crippen molar-refractivity contribution in [3.8, 4) is 5.75 Å². The normalized spacial score (nSPS) is 12.2. The predicted octanol–water partition coefficient (Wildman–Crippen LogP) is 4.18. The zero-order chi connectivity index (χ0) is 17.7. The number of rotatable bonds is 5. The number of phenolic OH excluding ortho intramolecular Hbond substituents is 1. The van der Waals surface area contributed by atoms with Gasteiger partial charge in [-0.3, -0.25) is 4.79 Å². The Hall–Kier alpha value is -1.86. The maximum Gasteiger partial charge on any atom is 0.262 e. The molecule has 0 aliphatic rings. The number of nitrogens with zero attached hydrogens (tertiary/aromatic N) is 1. The third kappa shape index (κ3) is 4.82. The van der Waals surface area contributed by atoms with Crippen LogP contribution >= 0.6 is 31.9 Å². The second-order valence-corrected chi connectivity index (χ2v) is 6.96. The molecule has 2 rings (SSSR count). The highest BCUT2D eigenvalue weighted by Crippen LogP contribution is 2.32. The predicted molar refractivity (Wildman–Crippen MR) is 104 cm³/mol. The van der Waals surface area contributed by atoms with Crippen LogP contribution in [-0.2, 0) is 4.79 Å². The van der Waals surface area contributed by atoms with Gasteiger partial charge in [0.15, 0.2) is 0 Å². The van der Waals surface area contributed by atoms with Gasteiger partial charge in [-0.25, -0.2) is 5.43 Å². The highest BCUT2D eigenvalue weighted by atomic mass is 79.9. The first-order valence-electron chi connectivity index (χ1n) is 7.21. The number of para-hydroxylation sites is 1. The fraction of sp³-hybridized carbons (Fsp3) is 0.176. The monoisotopic (exact) mass is 453 g/mol. The van der Waals surface area contributed by atoms with Crippen LogP contribution in [0.2, 0.25) is 0 Å². The van der Waals surface area contributed by atoms with Gasteiger partial charge in [0.2, 0.25) is 0 Å². The van der Waals surface area contributed by atoms with E-state index < -0.39 is 6.04 Å². The first-order valence-corrected chi connectivity index (χ1v) is 8.80. The average Bonchev–Trinajstić information content (AvgIpc) is 2.54. The fourth-order valence-electron chi connectivity index (χ4n) is 1.96. The van der Waals surface area contributed by atoms with Gasteiger partial charge in [-0.1, -0.05) is 18.2 Å². The molecule has 3 N–H and O–H groups in total. The molecule has 0 saturated heterocycles. The maximum absolute atomic E-state index is 12.1. The van der Waals surface area contributed by atoms with E-state index in [0.29, 0.717) is 8.95 Å². The van der Waals surface area contributed by atoms with Gasteiger partial charge in [-0.2, -0.15) is 5.10 Å². The van der Waals surface area contributed by atoms with Gasteiger partial charge in [0.05, 0.1) is 15.2 Å². The van der Waals surface area contributed by atoms with Gasteiger partial charge in [0.25, 0.3) is 5.91 Å². The van der Waals surface area contributed by atoms with E-state index in [1.807, 2.05) is 31.2 Å².